The van der Waals surface area contributed by atoms with Gasteiger partial charge in [0.2, 0.25) is 5.91 Å². The van der Waals surface area contributed by atoms with E-state index in [9.17, 15) is 4.79 Å². The number of hydrogen-bond acceptors (Lipinski definition) is 3. The smallest absolute Gasteiger partial charge is 0.232 e. The molecule has 0 atom stereocenters. The van der Waals surface area contributed by atoms with Crippen molar-refractivity contribution in [3.63, 3.8) is 0 Å². The highest BCUT2D eigenvalue weighted by Crippen LogP contribution is 2.20. The number of benzene rings is 1. The minimum absolute atomic E-state index is 0.00610. The number of aliphatic hydroxyl groups is 1. The van der Waals surface area contributed by atoms with Gasteiger partial charge in [-0.15, -0.1) is 11.8 Å². The molecular weight excluding hydrogens is 246 g/mol. The van der Waals surface area contributed by atoms with Crippen LogP contribution in [0.15, 0.2) is 29.2 Å². The molecule has 1 amide bonds. The molecule has 3 nitrogen and oxygen atoms in total. The molecule has 16 heavy (non-hydrogen) atoms. The third-order valence-electron chi connectivity index (χ3n) is 2.04. The Morgan fingerprint density at radius 1 is 1.44 bits per heavy atom. The van der Waals surface area contributed by atoms with Crippen molar-refractivity contribution in [1.82, 2.24) is 4.90 Å². The zero-order valence-corrected chi connectivity index (χ0v) is 10.6. The lowest BCUT2D eigenvalue weighted by atomic mass is 10.4. The molecule has 0 fully saturated rings. The number of halogens is 1. The van der Waals surface area contributed by atoms with Crippen LogP contribution < -0.4 is 0 Å². The first-order valence-corrected chi connectivity index (χ1v) is 6.23. The summed E-state index contributed by atoms with van der Waals surface area (Å²) in [5.41, 5.74) is 0. The summed E-state index contributed by atoms with van der Waals surface area (Å²) in [7, 11) is 1.68. The SMILES string of the molecule is CN(CCO)C(=O)CSc1ccc(Cl)cc1. The first kappa shape index (κ1) is 13.4. The van der Waals surface area contributed by atoms with Gasteiger partial charge in [-0.25, -0.2) is 0 Å². The summed E-state index contributed by atoms with van der Waals surface area (Å²) in [5.74, 6) is 0.381. The highest BCUT2D eigenvalue weighted by Gasteiger charge is 2.08. The molecule has 0 radical (unpaired) electrons. The molecule has 0 saturated carbocycles. The van der Waals surface area contributed by atoms with Crippen LogP contribution in [0.4, 0.5) is 0 Å². The summed E-state index contributed by atoms with van der Waals surface area (Å²) in [6, 6.07) is 7.36. The first-order chi connectivity index (χ1) is 7.63. The lowest BCUT2D eigenvalue weighted by Crippen LogP contribution is -2.30. The number of carbonyl (C=O) groups is 1. The van der Waals surface area contributed by atoms with E-state index >= 15 is 0 Å². The molecule has 1 aromatic carbocycles. The molecule has 0 aliphatic rings. The van der Waals surface area contributed by atoms with Crippen LogP contribution >= 0.6 is 23.4 Å². The van der Waals surface area contributed by atoms with E-state index in [2.05, 4.69) is 0 Å². The molecule has 1 N–H and O–H groups in total. The van der Waals surface area contributed by atoms with Crippen molar-refractivity contribution in [2.24, 2.45) is 0 Å². The summed E-state index contributed by atoms with van der Waals surface area (Å²) in [4.78, 5) is 14.1. The van der Waals surface area contributed by atoms with Gasteiger partial charge in [0.1, 0.15) is 0 Å². The first-order valence-electron chi connectivity index (χ1n) is 4.86. The van der Waals surface area contributed by atoms with E-state index in [1.165, 1.54) is 16.7 Å². The fraction of sp³-hybridized carbons (Fsp3) is 0.364. The van der Waals surface area contributed by atoms with E-state index in [0.29, 0.717) is 17.3 Å². The Hall–Kier alpha value is -0.710. The molecule has 1 aromatic rings. The second-order valence-corrected chi connectivity index (χ2v) is 4.77. The lowest BCUT2D eigenvalue weighted by Gasteiger charge is -2.15. The molecule has 0 spiro atoms. The number of aliphatic hydroxyl groups excluding tert-OH is 1. The summed E-state index contributed by atoms with van der Waals surface area (Å²) >= 11 is 7.21. The molecule has 1 rings (SSSR count). The van der Waals surface area contributed by atoms with Crippen LogP contribution in [0.2, 0.25) is 5.02 Å². The average Bonchev–Trinajstić information content (AvgIpc) is 2.28. The number of thioether (sulfide) groups is 1. The van der Waals surface area contributed by atoms with Gasteiger partial charge in [0.15, 0.2) is 0 Å². The summed E-state index contributed by atoms with van der Waals surface area (Å²) in [5, 5.41) is 9.37. The summed E-state index contributed by atoms with van der Waals surface area (Å²) < 4.78 is 0. The van der Waals surface area contributed by atoms with E-state index in [1.807, 2.05) is 12.1 Å². The van der Waals surface area contributed by atoms with Gasteiger partial charge in [-0.05, 0) is 24.3 Å². The van der Waals surface area contributed by atoms with Crippen molar-refractivity contribution in [1.29, 1.82) is 0 Å². The van der Waals surface area contributed by atoms with Crippen LogP contribution in [-0.2, 0) is 4.79 Å². The van der Waals surface area contributed by atoms with E-state index in [-0.39, 0.29) is 12.5 Å². The quantitative estimate of drug-likeness (QED) is 0.821. The molecule has 0 aliphatic carbocycles. The molecule has 0 unspecified atom stereocenters. The van der Waals surface area contributed by atoms with Crippen molar-refractivity contribution in [3.8, 4) is 0 Å². The van der Waals surface area contributed by atoms with Gasteiger partial charge in [0.25, 0.3) is 0 Å². The second kappa shape index (κ2) is 6.78. The summed E-state index contributed by atoms with van der Waals surface area (Å²) in [6.45, 7) is 0.369. The predicted octanol–water partition coefficient (Wildman–Crippen LogP) is 1.88. The van der Waals surface area contributed by atoms with Gasteiger partial charge < -0.3 is 10.0 Å². The standard InChI is InChI=1S/C11H14ClNO2S/c1-13(6-7-14)11(15)8-16-10-4-2-9(12)3-5-10/h2-5,14H,6-8H2,1H3. The lowest BCUT2D eigenvalue weighted by molar-refractivity contribution is -0.127. The van der Waals surface area contributed by atoms with E-state index in [0.717, 1.165) is 4.90 Å². The Morgan fingerprint density at radius 2 is 2.06 bits per heavy atom. The zero-order chi connectivity index (χ0) is 12.0. The molecule has 88 valence electrons. The maximum absolute atomic E-state index is 11.5. The van der Waals surface area contributed by atoms with Gasteiger partial charge in [0.05, 0.1) is 12.4 Å². The summed E-state index contributed by atoms with van der Waals surface area (Å²) in [6.07, 6.45) is 0. The number of hydrogen-bond donors (Lipinski definition) is 1. The Labute approximate surface area is 104 Å². The Morgan fingerprint density at radius 3 is 2.62 bits per heavy atom. The van der Waals surface area contributed by atoms with Gasteiger partial charge in [-0.3, -0.25) is 4.79 Å². The maximum atomic E-state index is 11.5. The predicted molar refractivity (Wildman–Crippen MR) is 66.9 cm³/mol. The van der Waals surface area contributed by atoms with Crippen molar-refractivity contribution < 1.29 is 9.90 Å². The monoisotopic (exact) mass is 259 g/mol. The van der Waals surface area contributed by atoms with Crippen molar-refractivity contribution in [3.05, 3.63) is 29.3 Å². The highest BCUT2D eigenvalue weighted by molar-refractivity contribution is 8.00. The van der Waals surface area contributed by atoms with Crippen molar-refractivity contribution >= 4 is 29.3 Å². The number of likely N-dealkylation sites (N-methyl/N-ethyl adjacent to an activating group) is 1. The van der Waals surface area contributed by atoms with E-state index in [1.54, 1.807) is 19.2 Å². The number of amides is 1. The molecule has 0 aliphatic heterocycles. The Bertz CT molecular complexity index is 342. The third-order valence-corrected chi connectivity index (χ3v) is 3.29. The van der Waals surface area contributed by atoms with E-state index in [4.69, 9.17) is 16.7 Å². The minimum Gasteiger partial charge on any atom is -0.395 e. The minimum atomic E-state index is -0.00610. The number of carbonyl (C=O) groups excluding carboxylic acids is 1. The molecule has 0 bridgehead atoms. The van der Waals surface area contributed by atoms with Gasteiger partial charge in [0, 0.05) is 23.5 Å². The van der Waals surface area contributed by atoms with Gasteiger partial charge >= 0.3 is 0 Å². The average molecular weight is 260 g/mol. The fourth-order valence-corrected chi connectivity index (χ4v) is 2.03. The van der Waals surface area contributed by atoms with Gasteiger partial charge in [-0.1, -0.05) is 11.6 Å². The largest absolute Gasteiger partial charge is 0.395 e. The van der Waals surface area contributed by atoms with Crippen LogP contribution in [-0.4, -0.2) is 41.9 Å². The van der Waals surface area contributed by atoms with Crippen LogP contribution in [0.25, 0.3) is 0 Å². The maximum Gasteiger partial charge on any atom is 0.232 e. The molecule has 0 saturated heterocycles. The Balaban J connectivity index is 2.39. The molecule has 0 aromatic heterocycles. The topological polar surface area (TPSA) is 40.5 Å². The van der Waals surface area contributed by atoms with Crippen LogP contribution in [0, 0.1) is 0 Å². The Kier molecular flexibility index (Phi) is 5.66. The number of rotatable bonds is 5. The van der Waals surface area contributed by atoms with Crippen LogP contribution in [0.1, 0.15) is 0 Å². The zero-order valence-electron chi connectivity index (χ0n) is 9.02. The third kappa shape index (κ3) is 4.43. The molecule has 0 heterocycles. The van der Waals surface area contributed by atoms with Crippen LogP contribution in [0.5, 0.6) is 0 Å². The van der Waals surface area contributed by atoms with Crippen molar-refractivity contribution in [2.45, 2.75) is 4.90 Å². The second-order valence-electron chi connectivity index (χ2n) is 3.28. The van der Waals surface area contributed by atoms with Gasteiger partial charge in [-0.2, -0.15) is 0 Å². The number of nitrogens with zero attached hydrogens (tertiary/aromatic N) is 1. The van der Waals surface area contributed by atoms with Crippen molar-refractivity contribution in [2.75, 3.05) is 26.0 Å². The van der Waals surface area contributed by atoms with E-state index < -0.39 is 0 Å². The molecule has 5 heteroatoms. The normalized spacial score (nSPS) is 10.2. The fourth-order valence-electron chi connectivity index (χ4n) is 1.06. The molecular formula is C11H14ClNO2S. The highest BCUT2D eigenvalue weighted by atomic mass is 35.5. The van der Waals surface area contributed by atoms with Crippen LogP contribution in [0.3, 0.4) is 0 Å².